The van der Waals surface area contributed by atoms with Crippen molar-refractivity contribution in [1.29, 1.82) is 0 Å². The molecular weight excluding hydrogens is 140 g/mol. The highest BCUT2D eigenvalue weighted by Crippen LogP contribution is 2.03. The van der Waals surface area contributed by atoms with E-state index in [1.54, 1.807) is 0 Å². The van der Waals surface area contributed by atoms with Gasteiger partial charge in [-0.2, -0.15) is 0 Å². The molecule has 0 heterocycles. The highest BCUT2D eigenvalue weighted by atomic mass is 16.4. The van der Waals surface area contributed by atoms with E-state index in [0.717, 1.165) is 19.3 Å². The number of carboxylic acid groups (broad SMARTS) is 1. The lowest BCUT2D eigenvalue weighted by Gasteiger charge is -2.00. The lowest BCUT2D eigenvalue weighted by Crippen LogP contribution is -2.21. The van der Waals surface area contributed by atoms with E-state index in [-0.39, 0.29) is 13.8 Å². The fraction of sp³-hybridized carbons (Fsp3) is 0.889. The minimum absolute atomic E-state index is 0. The quantitative estimate of drug-likeness (QED) is 0.554. The molecule has 0 rings (SSSR count). The van der Waals surface area contributed by atoms with Gasteiger partial charge in [-0.05, 0) is 12.8 Å². The molecule has 0 saturated heterocycles. The largest absolute Gasteiger partial charge is 0.550 e. The van der Waals surface area contributed by atoms with Gasteiger partial charge in [0.15, 0.2) is 0 Å². The van der Waals surface area contributed by atoms with Crippen LogP contribution in [0.5, 0.6) is 0 Å². The second-order valence-electron chi connectivity index (χ2n) is 2.54. The second-order valence-corrected chi connectivity index (χ2v) is 2.54. The molecule has 0 aliphatic heterocycles. The summed E-state index contributed by atoms with van der Waals surface area (Å²) in [6.45, 7) is 2.14. The van der Waals surface area contributed by atoms with Gasteiger partial charge in [-0.25, -0.2) is 0 Å². The molecule has 0 atom stereocenters. The molecule has 0 aromatic rings. The monoisotopic (exact) mass is 159 g/mol. The molecule has 68 valence electrons. The molecule has 0 N–H and O–H groups in total. The third-order valence-corrected chi connectivity index (χ3v) is 1.48. The van der Waals surface area contributed by atoms with Gasteiger partial charge in [0.2, 0.25) is 0 Å². The number of rotatable bonds is 6. The first-order chi connectivity index (χ1) is 4.77. The highest BCUT2D eigenvalue weighted by molar-refractivity contribution is 5.63. The molecule has 0 aromatic heterocycles. The Bertz CT molecular complexity index is 89.6. The van der Waals surface area contributed by atoms with Gasteiger partial charge in [0, 0.05) is 5.97 Å². The van der Waals surface area contributed by atoms with Crippen molar-refractivity contribution in [3.05, 3.63) is 0 Å². The van der Waals surface area contributed by atoms with Gasteiger partial charge in [0.1, 0.15) is 0 Å². The Morgan fingerprint density at radius 1 is 1.18 bits per heavy atom. The first-order valence-corrected chi connectivity index (χ1v) is 3.97. The summed E-state index contributed by atoms with van der Waals surface area (Å²) in [6.07, 6.45) is 5.61. The van der Waals surface area contributed by atoms with Crippen LogP contribution in [0.2, 0.25) is 0 Å². The minimum atomic E-state index is -0.920. The van der Waals surface area contributed by atoms with E-state index < -0.39 is 5.97 Å². The Morgan fingerprint density at radius 2 is 1.73 bits per heavy atom. The van der Waals surface area contributed by atoms with E-state index in [0.29, 0.717) is 0 Å². The average molecular weight is 159 g/mol. The molecule has 0 unspecified atom stereocenters. The number of hydrogen-bond donors (Lipinski definition) is 0. The summed E-state index contributed by atoms with van der Waals surface area (Å²) in [6, 6.07) is 0. The molecule has 0 spiro atoms. The van der Waals surface area contributed by atoms with Crippen LogP contribution in [0.25, 0.3) is 0 Å². The topological polar surface area (TPSA) is 40.1 Å². The maximum atomic E-state index is 9.92. The standard InChI is InChI=1S/C8H16O2.CH4/c1-2-3-4-5-6-7-8(9)10;/h2-7H2,1H3,(H,9,10);1H4/p-1. The number of carbonyl (C=O) groups is 1. The van der Waals surface area contributed by atoms with Crippen LogP contribution >= 0.6 is 0 Å². The van der Waals surface area contributed by atoms with Crippen molar-refractivity contribution < 1.29 is 9.90 Å². The maximum Gasteiger partial charge on any atom is 0.0414 e. The Hall–Kier alpha value is -0.530. The van der Waals surface area contributed by atoms with Crippen LogP contribution in [-0.2, 0) is 4.79 Å². The Kier molecular flexibility index (Phi) is 11.3. The first kappa shape index (κ1) is 13.1. The SMILES string of the molecule is C.CCCCCCCC(=O)[O-]. The van der Waals surface area contributed by atoms with Crippen molar-refractivity contribution in [2.24, 2.45) is 0 Å². The second kappa shape index (κ2) is 9.47. The van der Waals surface area contributed by atoms with Crippen LogP contribution < -0.4 is 5.11 Å². The first-order valence-electron chi connectivity index (χ1n) is 3.97. The van der Waals surface area contributed by atoms with Crippen LogP contribution in [0.1, 0.15) is 52.9 Å². The van der Waals surface area contributed by atoms with E-state index in [1.807, 2.05) is 0 Å². The van der Waals surface area contributed by atoms with E-state index >= 15 is 0 Å². The molecule has 0 aliphatic rings. The Morgan fingerprint density at radius 3 is 2.18 bits per heavy atom. The molecule has 0 aromatic carbocycles. The zero-order valence-corrected chi connectivity index (χ0v) is 6.56. The number of hydrogen-bond acceptors (Lipinski definition) is 2. The van der Waals surface area contributed by atoms with Crippen molar-refractivity contribution in [2.75, 3.05) is 0 Å². The lowest BCUT2D eigenvalue weighted by molar-refractivity contribution is -0.305. The molecule has 0 fully saturated rings. The summed E-state index contributed by atoms with van der Waals surface area (Å²) in [5, 5.41) is 9.92. The third-order valence-electron chi connectivity index (χ3n) is 1.48. The predicted octanol–water partition coefficient (Wildman–Crippen LogP) is 1.73. The van der Waals surface area contributed by atoms with E-state index in [1.165, 1.54) is 12.8 Å². The van der Waals surface area contributed by atoms with Crippen LogP contribution in [0.15, 0.2) is 0 Å². The van der Waals surface area contributed by atoms with Crippen LogP contribution in [0.4, 0.5) is 0 Å². The van der Waals surface area contributed by atoms with Crippen LogP contribution in [0.3, 0.4) is 0 Å². The maximum absolute atomic E-state index is 9.92. The number of unbranched alkanes of at least 4 members (excludes halogenated alkanes) is 4. The van der Waals surface area contributed by atoms with Crippen molar-refractivity contribution in [1.82, 2.24) is 0 Å². The smallest absolute Gasteiger partial charge is 0.0414 e. The van der Waals surface area contributed by atoms with Gasteiger partial charge in [0.05, 0.1) is 0 Å². The summed E-state index contributed by atoms with van der Waals surface area (Å²) in [4.78, 5) is 9.92. The number of carboxylic acids is 1. The molecule has 0 bridgehead atoms. The van der Waals surface area contributed by atoms with Crippen molar-refractivity contribution >= 4 is 5.97 Å². The van der Waals surface area contributed by atoms with Gasteiger partial charge in [-0.15, -0.1) is 0 Å². The van der Waals surface area contributed by atoms with Crippen molar-refractivity contribution in [3.63, 3.8) is 0 Å². The Labute approximate surface area is 69.6 Å². The summed E-state index contributed by atoms with van der Waals surface area (Å²) in [7, 11) is 0. The molecule has 11 heavy (non-hydrogen) atoms. The predicted molar refractivity (Wildman–Crippen MR) is 45.1 cm³/mol. The van der Waals surface area contributed by atoms with E-state index in [4.69, 9.17) is 0 Å². The van der Waals surface area contributed by atoms with Crippen molar-refractivity contribution in [2.45, 2.75) is 52.9 Å². The van der Waals surface area contributed by atoms with Gasteiger partial charge in [-0.3, -0.25) is 0 Å². The van der Waals surface area contributed by atoms with Gasteiger partial charge in [-0.1, -0.05) is 40.0 Å². The molecular formula is C9H19O2-. The van der Waals surface area contributed by atoms with Crippen LogP contribution in [0, 0.1) is 0 Å². The van der Waals surface area contributed by atoms with E-state index in [2.05, 4.69) is 6.92 Å². The van der Waals surface area contributed by atoms with E-state index in [9.17, 15) is 9.90 Å². The number of aliphatic carboxylic acids is 1. The molecule has 0 radical (unpaired) electrons. The van der Waals surface area contributed by atoms with Gasteiger partial charge < -0.3 is 9.90 Å². The van der Waals surface area contributed by atoms with Gasteiger partial charge >= 0.3 is 0 Å². The Balaban J connectivity index is 0. The molecule has 0 amide bonds. The zero-order chi connectivity index (χ0) is 7.82. The molecule has 0 saturated carbocycles. The van der Waals surface area contributed by atoms with Crippen molar-refractivity contribution in [3.8, 4) is 0 Å². The average Bonchev–Trinajstić information content (AvgIpc) is 1.87. The number of carbonyl (C=O) groups excluding carboxylic acids is 1. The third kappa shape index (κ3) is 12.6. The normalized spacial score (nSPS) is 8.82. The fourth-order valence-electron chi connectivity index (χ4n) is 0.873. The summed E-state index contributed by atoms with van der Waals surface area (Å²) < 4.78 is 0. The summed E-state index contributed by atoms with van der Waals surface area (Å²) >= 11 is 0. The fourth-order valence-corrected chi connectivity index (χ4v) is 0.873. The summed E-state index contributed by atoms with van der Waals surface area (Å²) in [5.41, 5.74) is 0. The van der Waals surface area contributed by atoms with Gasteiger partial charge in [0.25, 0.3) is 0 Å². The minimum Gasteiger partial charge on any atom is -0.550 e. The van der Waals surface area contributed by atoms with Crippen LogP contribution in [-0.4, -0.2) is 5.97 Å². The molecule has 2 heteroatoms. The zero-order valence-electron chi connectivity index (χ0n) is 6.56. The highest BCUT2D eigenvalue weighted by Gasteiger charge is 1.88. The summed E-state index contributed by atoms with van der Waals surface area (Å²) in [5.74, 6) is -0.920. The molecule has 2 nitrogen and oxygen atoms in total. The molecule has 0 aliphatic carbocycles. The lowest BCUT2D eigenvalue weighted by atomic mass is 10.1.